The van der Waals surface area contributed by atoms with Crippen molar-refractivity contribution >= 4 is 5.91 Å². The SMILES string of the molecule is NC(=O)CC1CCN(CCCO)CC1. The van der Waals surface area contributed by atoms with Gasteiger partial charge in [0.25, 0.3) is 0 Å². The van der Waals surface area contributed by atoms with Gasteiger partial charge < -0.3 is 15.7 Å². The van der Waals surface area contributed by atoms with Crippen molar-refractivity contribution in [3.05, 3.63) is 0 Å². The zero-order valence-electron chi connectivity index (χ0n) is 8.61. The monoisotopic (exact) mass is 200 g/mol. The van der Waals surface area contributed by atoms with E-state index < -0.39 is 0 Å². The second kappa shape index (κ2) is 5.98. The van der Waals surface area contributed by atoms with E-state index in [0.717, 1.165) is 38.9 Å². The smallest absolute Gasteiger partial charge is 0.217 e. The minimum absolute atomic E-state index is 0.182. The Morgan fingerprint density at radius 3 is 2.57 bits per heavy atom. The number of aliphatic hydroxyl groups excluding tert-OH is 1. The highest BCUT2D eigenvalue weighted by atomic mass is 16.3. The Hall–Kier alpha value is -0.610. The molecule has 0 aliphatic carbocycles. The normalized spacial score (nSPS) is 19.8. The predicted octanol–water partition coefficient (Wildman–Crippen LogP) is -0.0438. The first-order valence-electron chi connectivity index (χ1n) is 5.34. The summed E-state index contributed by atoms with van der Waals surface area (Å²) in [6.07, 6.45) is 3.51. The molecule has 0 atom stereocenters. The molecule has 1 saturated heterocycles. The molecule has 0 bridgehead atoms. The van der Waals surface area contributed by atoms with Crippen LogP contribution < -0.4 is 5.73 Å². The van der Waals surface area contributed by atoms with E-state index in [-0.39, 0.29) is 12.5 Å². The molecule has 1 fully saturated rings. The molecule has 0 saturated carbocycles. The molecule has 0 spiro atoms. The predicted molar refractivity (Wildman–Crippen MR) is 54.7 cm³/mol. The number of hydrogen-bond acceptors (Lipinski definition) is 3. The van der Waals surface area contributed by atoms with E-state index in [9.17, 15) is 4.79 Å². The Morgan fingerprint density at radius 2 is 2.07 bits per heavy atom. The molecule has 0 aromatic heterocycles. The van der Waals surface area contributed by atoms with Crippen molar-refractivity contribution in [2.75, 3.05) is 26.2 Å². The molecule has 4 nitrogen and oxygen atoms in total. The van der Waals surface area contributed by atoms with Gasteiger partial charge in [0.2, 0.25) is 5.91 Å². The van der Waals surface area contributed by atoms with Crippen molar-refractivity contribution in [1.29, 1.82) is 0 Å². The Bertz CT molecular complexity index is 177. The van der Waals surface area contributed by atoms with Crippen LogP contribution in [0.25, 0.3) is 0 Å². The van der Waals surface area contributed by atoms with Crippen LogP contribution in [0.15, 0.2) is 0 Å². The third-order valence-electron chi connectivity index (χ3n) is 2.83. The lowest BCUT2D eigenvalue weighted by molar-refractivity contribution is -0.119. The van der Waals surface area contributed by atoms with Crippen LogP contribution in [-0.4, -0.2) is 42.2 Å². The largest absolute Gasteiger partial charge is 0.396 e. The van der Waals surface area contributed by atoms with Gasteiger partial charge in [0.15, 0.2) is 0 Å². The summed E-state index contributed by atoms with van der Waals surface area (Å²) in [6.45, 7) is 3.32. The van der Waals surface area contributed by atoms with E-state index in [0.29, 0.717) is 12.3 Å². The van der Waals surface area contributed by atoms with Gasteiger partial charge in [-0.3, -0.25) is 4.79 Å². The van der Waals surface area contributed by atoms with Crippen molar-refractivity contribution in [3.8, 4) is 0 Å². The van der Waals surface area contributed by atoms with Gasteiger partial charge in [-0.25, -0.2) is 0 Å². The number of amides is 1. The highest BCUT2D eigenvalue weighted by molar-refractivity contribution is 5.73. The number of likely N-dealkylation sites (tertiary alicyclic amines) is 1. The van der Waals surface area contributed by atoms with Gasteiger partial charge in [-0.15, -0.1) is 0 Å². The van der Waals surface area contributed by atoms with Crippen LogP contribution >= 0.6 is 0 Å². The Labute approximate surface area is 85.1 Å². The number of rotatable bonds is 5. The molecule has 1 heterocycles. The lowest BCUT2D eigenvalue weighted by atomic mass is 9.93. The quantitative estimate of drug-likeness (QED) is 0.654. The maximum atomic E-state index is 10.7. The molecule has 0 radical (unpaired) electrons. The lowest BCUT2D eigenvalue weighted by Crippen LogP contribution is -2.35. The summed E-state index contributed by atoms with van der Waals surface area (Å²) in [6, 6.07) is 0. The van der Waals surface area contributed by atoms with Gasteiger partial charge in [0.05, 0.1) is 0 Å². The van der Waals surface area contributed by atoms with Gasteiger partial charge in [0, 0.05) is 19.6 Å². The fraction of sp³-hybridized carbons (Fsp3) is 0.900. The molecule has 82 valence electrons. The number of carbonyl (C=O) groups is 1. The summed E-state index contributed by atoms with van der Waals surface area (Å²) >= 11 is 0. The summed E-state index contributed by atoms with van der Waals surface area (Å²) in [5.74, 6) is 0.302. The fourth-order valence-corrected chi connectivity index (χ4v) is 1.99. The van der Waals surface area contributed by atoms with Gasteiger partial charge in [-0.05, 0) is 38.3 Å². The first kappa shape index (κ1) is 11.5. The molecule has 1 amide bonds. The van der Waals surface area contributed by atoms with Crippen molar-refractivity contribution in [2.24, 2.45) is 11.7 Å². The second-order valence-electron chi connectivity index (χ2n) is 4.03. The Morgan fingerprint density at radius 1 is 1.43 bits per heavy atom. The summed E-state index contributed by atoms with van der Waals surface area (Å²) in [5, 5.41) is 8.68. The number of aliphatic hydroxyl groups is 1. The third kappa shape index (κ3) is 4.07. The zero-order chi connectivity index (χ0) is 10.4. The first-order chi connectivity index (χ1) is 6.72. The molecule has 3 N–H and O–H groups in total. The molecular weight excluding hydrogens is 180 g/mol. The van der Waals surface area contributed by atoms with Crippen LogP contribution in [0.3, 0.4) is 0 Å². The number of primary amides is 1. The Kier molecular flexibility index (Phi) is 4.90. The van der Waals surface area contributed by atoms with Gasteiger partial charge in [-0.1, -0.05) is 0 Å². The lowest BCUT2D eigenvalue weighted by Gasteiger charge is -2.31. The van der Waals surface area contributed by atoms with E-state index in [2.05, 4.69) is 4.90 Å². The van der Waals surface area contributed by atoms with E-state index in [1.54, 1.807) is 0 Å². The van der Waals surface area contributed by atoms with E-state index in [1.807, 2.05) is 0 Å². The number of carbonyl (C=O) groups excluding carboxylic acids is 1. The van der Waals surface area contributed by atoms with Crippen molar-refractivity contribution in [1.82, 2.24) is 4.90 Å². The number of nitrogens with zero attached hydrogens (tertiary/aromatic N) is 1. The molecule has 14 heavy (non-hydrogen) atoms. The molecule has 0 unspecified atom stereocenters. The minimum Gasteiger partial charge on any atom is -0.396 e. The maximum absolute atomic E-state index is 10.7. The molecule has 0 aromatic carbocycles. The molecular formula is C10H20N2O2. The van der Waals surface area contributed by atoms with E-state index >= 15 is 0 Å². The van der Waals surface area contributed by atoms with Gasteiger partial charge in [0.1, 0.15) is 0 Å². The van der Waals surface area contributed by atoms with Crippen LogP contribution in [0.4, 0.5) is 0 Å². The van der Waals surface area contributed by atoms with Crippen LogP contribution in [0.1, 0.15) is 25.7 Å². The first-order valence-corrected chi connectivity index (χ1v) is 5.34. The van der Waals surface area contributed by atoms with Crippen LogP contribution in [0.5, 0.6) is 0 Å². The van der Waals surface area contributed by atoms with Crippen LogP contribution in [0.2, 0.25) is 0 Å². The molecule has 1 aliphatic rings. The standard InChI is InChI=1S/C10H20N2O2/c11-10(14)8-9-2-5-12(6-3-9)4-1-7-13/h9,13H,1-8H2,(H2,11,14). The van der Waals surface area contributed by atoms with Crippen molar-refractivity contribution in [2.45, 2.75) is 25.7 Å². The average Bonchev–Trinajstić information content (AvgIpc) is 2.16. The molecule has 1 rings (SSSR count). The fourth-order valence-electron chi connectivity index (χ4n) is 1.99. The van der Waals surface area contributed by atoms with Crippen molar-refractivity contribution < 1.29 is 9.90 Å². The van der Waals surface area contributed by atoms with E-state index in [1.165, 1.54) is 0 Å². The maximum Gasteiger partial charge on any atom is 0.217 e. The summed E-state index contributed by atoms with van der Waals surface area (Å²) in [5.41, 5.74) is 5.15. The Balaban J connectivity index is 2.14. The van der Waals surface area contributed by atoms with Crippen LogP contribution in [-0.2, 0) is 4.79 Å². The van der Waals surface area contributed by atoms with Crippen LogP contribution in [0, 0.1) is 5.92 Å². The van der Waals surface area contributed by atoms with Gasteiger partial charge >= 0.3 is 0 Å². The number of hydrogen-bond donors (Lipinski definition) is 2. The average molecular weight is 200 g/mol. The van der Waals surface area contributed by atoms with Gasteiger partial charge in [-0.2, -0.15) is 0 Å². The molecule has 1 aliphatic heterocycles. The minimum atomic E-state index is -0.182. The van der Waals surface area contributed by atoms with Crippen molar-refractivity contribution in [3.63, 3.8) is 0 Å². The third-order valence-corrected chi connectivity index (χ3v) is 2.83. The summed E-state index contributed by atoms with van der Waals surface area (Å²) in [4.78, 5) is 13.0. The number of piperidine rings is 1. The van der Waals surface area contributed by atoms with E-state index in [4.69, 9.17) is 10.8 Å². The highest BCUT2D eigenvalue weighted by Gasteiger charge is 2.19. The summed E-state index contributed by atoms with van der Waals surface area (Å²) < 4.78 is 0. The zero-order valence-corrected chi connectivity index (χ0v) is 8.61. The highest BCUT2D eigenvalue weighted by Crippen LogP contribution is 2.19. The molecule has 4 heteroatoms. The number of nitrogens with two attached hydrogens (primary N) is 1. The summed E-state index contributed by atoms with van der Waals surface area (Å²) in [7, 11) is 0. The second-order valence-corrected chi connectivity index (χ2v) is 4.03. The topological polar surface area (TPSA) is 66.6 Å². The molecule has 0 aromatic rings.